The van der Waals surface area contributed by atoms with Crippen LogP contribution in [0.3, 0.4) is 0 Å². The molecule has 3 heteroatoms. The topological polar surface area (TPSA) is 38.3 Å². The number of benzene rings is 1. The third-order valence-electron chi connectivity index (χ3n) is 2.13. The van der Waals surface area contributed by atoms with Crippen LogP contribution in [0.25, 0.3) is 0 Å². The summed E-state index contributed by atoms with van der Waals surface area (Å²) in [6, 6.07) is 7.48. The molecular formula is C15H25NO2. The van der Waals surface area contributed by atoms with Crippen LogP contribution in [0.1, 0.15) is 48.0 Å². The van der Waals surface area contributed by atoms with E-state index in [9.17, 15) is 4.79 Å². The van der Waals surface area contributed by atoms with Crippen molar-refractivity contribution in [1.82, 2.24) is 0 Å². The van der Waals surface area contributed by atoms with Crippen LogP contribution in [-0.4, -0.2) is 11.5 Å². The van der Waals surface area contributed by atoms with Crippen molar-refractivity contribution in [2.24, 2.45) is 0 Å². The summed E-state index contributed by atoms with van der Waals surface area (Å²) < 4.78 is 5.73. The highest BCUT2D eigenvalue weighted by Gasteiger charge is 2.28. The number of carbonyl (C=O) groups excluding carboxylic acids is 1. The Bertz CT molecular complexity index is 373. The number of para-hydroxylation sites is 2. The average Bonchev–Trinajstić information content (AvgIpc) is 2.47. The van der Waals surface area contributed by atoms with Gasteiger partial charge in [0.25, 0.3) is 0 Å². The summed E-state index contributed by atoms with van der Waals surface area (Å²) in [5.41, 5.74) is 0.319. The van der Waals surface area contributed by atoms with E-state index in [1.54, 1.807) is 0 Å². The minimum atomic E-state index is -0.434. The molecule has 0 atom stereocenters. The lowest BCUT2D eigenvalue weighted by molar-refractivity contribution is -0.118. The lowest BCUT2D eigenvalue weighted by atomic mass is 10.1. The van der Waals surface area contributed by atoms with E-state index in [1.165, 1.54) is 0 Å². The molecule has 1 aromatic carbocycles. The quantitative estimate of drug-likeness (QED) is 0.749. The molecule has 18 heavy (non-hydrogen) atoms. The molecule has 1 aliphatic heterocycles. The van der Waals surface area contributed by atoms with Gasteiger partial charge in [-0.25, -0.2) is 0 Å². The van der Waals surface area contributed by atoms with Gasteiger partial charge in [0.2, 0.25) is 5.91 Å². The summed E-state index contributed by atoms with van der Waals surface area (Å²) >= 11 is 0. The summed E-state index contributed by atoms with van der Waals surface area (Å²) in [4.78, 5) is 11.5. The highest BCUT2D eigenvalue weighted by Crippen LogP contribution is 2.32. The largest absolute Gasteiger partial charge is 0.485 e. The van der Waals surface area contributed by atoms with Crippen molar-refractivity contribution in [3.63, 3.8) is 0 Å². The Morgan fingerprint density at radius 2 is 1.67 bits per heavy atom. The van der Waals surface area contributed by atoms with Crippen molar-refractivity contribution in [1.29, 1.82) is 0 Å². The Kier molecular flexibility index (Phi) is 7.10. The van der Waals surface area contributed by atoms with Gasteiger partial charge in [-0.15, -0.1) is 0 Å². The zero-order valence-electron chi connectivity index (χ0n) is 12.3. The smallest absolute Gasteiger partial charge is 0.228 e. The number of anilines is 1. The zero-order chi connectivity index (χ0) is 14.2. The molecule has 0 saturated heterocycles. The van der Waals surface area contributed by atoms with Crippen molar-refractivity contribution in [2.45, 2.75) is 53.6 Å². The third kappa shape index (κ3) is 4.78. The molecule has 0 fully saturated rings. The molecule has 0 aliphatic carbocycles. The van der Waals surface area contributed by atoms with Gasteiger partial charge in [-0.1, -0.05) is 39.8 Å². The zero-order valence-corrected chi connectivity index (χ0v) is 12.3. The van der Waals surface area contributed by atoms with Crippen molar-refractivity contribution in [3.05, 3.63) is 24.3 Å². The van der Waals surface area contributed by atoms with Crippen molar-refractivity contribution in [3.8, 4) is 5.75 Å². The molecule has 0 saturated carbocycles. The molecule has 1 heterocycles. The van der Waals surface area contributed by atoms with Gasteiger partial charge in [0.05, 0.1) is 12.1 Å². The van der Waals surface area contributed by atoms with Gasteiger partial charge in [-0.2, -0.15) is 0 Å². The maximum Gasteiger partial charge on any atom is 0.228 e. The van der Waals surface area contributed by atoms with Gasteiger partial charge in [0.15, 0.2) is 0 Å². The van der Waals surface area contributed by atoms with Crippen molar-refractivity contribution < 1.29 is 9.53 Å². The number of nitrogens with one attached hydrogen (secondary N) is 1. The lowest BCUT2D eigenvalue weighted by Crippen LogP contribution is -2.30. The second-order valence-electron chi connectivity index (χ2n) is 4.08. The van der Waals surface area contributed by atoms with Gasteiger partial charge in [0, 0.05) is 0 Å². The molecule has 0 radical (unpaired) electrons. The van der Waals surface area contributed by atoms with Crippen LogP contribution in [0.2, 0.25) is 0 Å². The Balaban J connectivity index is 0.000000659. The first-order valence-corrected chi connectivity index (χ1v) is 6.65. The average molecular weight is 251 g/mol. The number of ether oxygens (including phenoxy) is 1. The van der Waals surface area contributed by atoms with E-state index in [0.717, 1.165) is 11.4 Å². The molecule has 0 spiro atoms. The molecule has 1 aliphatic rings. The molecule has 0 aromatic heterocycles. The molecule has 1 amide bonds. The van der Waals surface area contributed by atoms with E-state index in [0.29, 0.717) is 6.42 Å². The second-order valence-corrected chi connectivity index (χ2v) is 4.08. The summed E-state index contributed by atoms with van der Waals surface area (Å²) in [6.07, 6.45) is 0.377. The number of rotatable bonds is 0. The van der Waals surface area contributed by atoms with Crippen LogP contribution < -0.4 is 10.1 Å². The number of hydrogen-bond donors (Lipinski definition) is 1. The van der Waals surface area contributed by atoms with E-state index in [4.69, 9.17) is 4.74 Å². The van der Waals surface area contributed by atoms with Crippen molar-refractivity contribution in [2.75, 3.05) is 5.32 Å². The number of amides is 1. The fraction of sp³-hybridized carbons (Fsp3) is 0.533. The van der Waals surface area contributed by atoms with Gasteiger partial charge in [-0.3, -0.25) is 4.79 Å². The predicted molar refractivity (Wildman–Crippen MR) is 77.1 cm³/mol. The Morgan fingerprint density at radius 3 is 2.28 bits per heavy atom. The standard InChI is InChI=1S/C11H13NO2.2C2H6/c1-11(2)7-10(13)12-8-5-3-4-6-9(8)14-11;2*1-2/h3-6H,7H2,1-2H3,(H,12,13);2*1-2H3. The normalized spacial score (nSPS) is 15.3. The second kappa shape index (κ2) is 7.75. The molecule has 102 valence electrons. The Morgan fingerprint density at radius 1 is 1.11 bits per heavy atom. The van der Waals surface area contributed by atoms with Crippen LogP contribution in [0, 0.1) is 0 Å². The molecule has 0 bridgehead atoms. The SMILES string of the molecule is CC.CC.CC1(C)CC(=O)Nc2ccccc2O1. The van der Waals surface area contributed by atoms with E-state index in [-0.39, 0.29) is 5.91 Å². The molecular weight excluding hydrogens is 226 g/mol. The minimum absolute atomic E-state index is 0.0000463. The highest BCUT2D eigenvalue weighted by molar-refractivity contribution is 5.93. The van der Waals surface area contributed by atoms with Crippen LogP contribution in [0.15, 0.2) is 24.3 Å². The molecule has 3 nitrogen and oxygen atoms in total. The first-order chi connectivity index (χ1) is 8.57. The number of fused-ring (bicyclic) bond motifs is 1. The van der Waals surface area contributed by atoms with E-state index >= 15 is 0 Å². The number of hydrogen-bond acceptors (Lipinski definition) is 2. The number of carbonyl (C=O) groups is 1. The van der Waals surface area contributed by atoms with E-state index in [1.807, 2.05) is 65.8 Å². The van der Waals surface area contributed by atoms with Crippen molar-refractivity contribution >= 4 is 11.6 Å². The van der Waals surface area contributed by atoms with E-state index < -0.39 is 5.60 Å². The van der Waals surface area contributed by atoms with Gasteiger partial charge >= 0.3 is 0 Å². The van der Waals surface area contributed by atoms with Crippen LogP contribution in [-0.2, 0) is 4.79 Å². The maximum atomic E-state index is 11.5. The summed E-state index contributed by atoms with van der Waals surface area (Å²) in [5.74, 6) is 0.739. The van der Waals surface area contributed by atoms with Crippen LogP contribution in [0.4, 0.5) is 5.69 Å². The summed E-state index contributed by atoms with van der Waals surface area (Å²) in [5, 5.41) is 2.81. The first-order valence-electron chi connectivity index (χ1n) is 6.65. The molecule has 1 aromatic rings. The Labute approximate surface area is 111 Å². The summed E-state index contributed by atoms with van der Waals surface area (Å²) in [6.45, 7) is 11.8. The Hall–Kier alpha value is -1.51. The fourth-order valence-electron chi connectivity index (χ4n) is 1.57. The van der Waals surface area contributed by atoms with Gasteiger partial charge < -0.3 is 10.1 Å². The molecule has 0 unspecified atom stereocenters. The third-order valence-corrected chi connectivity index (χ3v) is 2.13. The fourth-order valence-corrected chi connectivity index (χ4v) is 1.57. The highest BCUT2D eigenvalue weighted by atomic mass is 16.5. The van der Waals surface area contributed by atoms with Crippen LogP contribution in [0.5, 0.6) is 5.75 Å². The van der Waals surface area contributed by atoms with Gasteiger partial charge in [-0.05, 0) is 26.0 Å². The predicted octanol–water partition coefficient (Wildman–Crippen LogP) is 4.24. The molecule has 2 rings (SSSR count). The van der Waals surface area contributed by atoms with E-state index in [2.05, 4.69) is 5.32 Å². The monoisotopic (exact) mass is 251 g/mol. The lowest BCUT2D eigenvalue weighted by Gasteiger charge is -2.22. The van der Waals surface area contributed by atoms with Gasteiger partial charge in [0.1, 0.15) is 11.4 Å². The summed E-state index contributed by atoms with van der Waals surface area (Å²) in [7, 11) is 0. The first kappa shape index (κ1) is 16.5. The van der Waals surface area contributed by atoms with Crippen LogP contribution >= 0.6 is 0 Å². The minimum Gasteiger partial charge on any atom is -0.485 e. The molecule has 1 N–H and O–H groups in total. The maximum absolute atomic E-state index is 11.5.